The number of phenols is 1. The average Bonchev–Trinajstić information content (AvgIpc) is 2.73. The molecule has 8 heteroatoms. The predicted molar refractivity (Wildman–Crippen MR) is 107 cm³/mol. The zero-order valence-corrected chi connectivity index (χ0v) is 15.8. The zero-order chi connectivity index (χ0) is 19.5. The fourth-order valence-electron chi connectivity index (χ4n) is 3.16. The molecule has 1 N–H and O–H groups in total. The Balaban J connectivity index is 1.90. The molecule has 144 valence electrons. The Kier molecular flexibility index (Phi) is 5.03. The first-order valence-electron chi connectivity index (χ1n) is 9.04. The number of rotatable bonds is 4. The fraction of sp³-hybridized carbons (Fsp3) is 0.300. The molecule has 0 saturated carbocycles. The maximum absolute atomic E-state index is 9.86. The Labute approximate surface area is 162 Å². The third-order valence-corrected chi connectivity index (χ3v) is 4.58. The van der Waals surface area contributed by atoms with E-state index in [2.05, 4.69) is 15.0 Å². The molecule has 0 bridgehead atoms. The van der Waals surface area contributed by atoms with E-state index in [9.17, 15) is 5.11 Å². The highest BCUT2D eigenvalue weighted by Crippen LogP contribution is 2.28. The summed E-state index contributed by atoms with van der Waals surface area (Å²) in [6, 6.07) is 8.85. The van der Waals surface area contributed by atoms with E-state index in [4.69, 9.17) is 19.5 Å². The number of phenolic OH excluding ortho intramolecular Hbond substituents is 1. The van der Waals surface area contributed by atoms with Crippen LogP contribution in [0, 0.1) is 0 Å². The summed E-state index contributed by atoms with van der Waals surface area (Å²) < 4.78 is 5.47. The van der Waals surface area contributed by atoms with Crippen LogP contribution in [0.4, 0.5) is 5.82 Å². The summed E-state index contributed by atoms with van der Waals surface area (Å²) in [5, 5.41) is 13.8. The van der Waals surface area contributed by atoms with Gasteiger partial charge in [-0.25, -0.2) is 15.0 Å². The van der Waals surface area contributed by atoms with Crippen molar-refractivity contribution in [1.82, 2.24) is 15.0 Å². The van der Waals surface area contributed by atoms with E-state index in [0.717, 1.165) is 35.6 Å². The van der Waals surface area contributed by atoms with Crippen molar-refractivity contribution in [3.63, 3.8) is 0 Å². The summed E-state index contributed by atoms with van der Waals surface area (Å²) in [6.45, 7) is 4.61. The minimum Gasteiger partial charge on any atom is -0.508 e. The molecule has 3 heterocycles. The lowest BCUT2D eigenvalue weighted by molar-refractivity contribution is 0.122. The van der Waals surface area contributed by atoms with Crippen LogP contribution in [0.15, 0.2) is 41.7 Å². The van der Waals surface area contributed by atoms with Gasteiger partial charge in [0.25, 0.3) is 0 Å². The van der Waals surface area contributed by atoms with Gasteiger partial charge in [-0.2, -0.15) is 0 Å². The van der Waals surface area contributed by atoms with Crippen molar-refractivity contribution in [1.29, 1.82) is 0 Å². The summed E-state index contributed by atoms with van der Waals surface area (Å²) in [5.41, 5.74) is 3.70. The molecule has 1 aliphatic rings. The number of benzene rings is 1. The van der Waals surface area contributed by atoms with E-state index in [1.54, 1.807) is 24.4 Å². The van der Waals surface area contributed by atoms with Gasteiger partial charge in [0.05, 0.1) is 24.4 Å². The van der Waals surface area contributed by atoms with Crippen molar-refractivity contribution in [3.8, 4) is 17.1 Å². The molecule has 0 atom stereocenters. The number of oxime groups is 1. The standard InChI is InChI=1S/C20H21N5O3/c1-13(24-27-2)15-11-17-18(21-12-15)20(25-6-8-28-9-7-25)23-19(22-17)14-4-3-5-16(26)10-14/h3-5,10-12,26H,6-9H2,1-2H3/b24-13+. The molecule has 1 aromatic carbocycles. The molecule has 1 fully saturated rings. The SMILES string of the molecule is CO/N=C(\C)c1cnc2c(N3CCOCC3)nc(-c3cccc(O)c3)nc2c1. The van der Waals surface area contributed by atoms with Gasteiger partial charge in [0.1, 0.15) is 18.4 Å². The van der Waals surface area contributed by atoms with Gasteiger partial charge >= 0.3 is 0 Å². The van der Waals surface area contributed by atoms with Gasteiger partial charge in [-0.1, -0.05) is 17.3 Å². The molecular weight excluding hydrogens is 358 g/mol. The van der Waals surface area contributed by atoms with Gasteiger partial charge in [-0.05, 0) is 25.1 Å². The molecule has 2 aromatic heterocycles. The number of aromatic hydroxyl groups is 1. The van der Waals surface area contributed by atoms with E-state index in [0.29, 0.717) is 30.3 Å². The quantitative estimate of drug-likeness (QED) is 0.550. The Morgan fingerprint density at radius 3 is 2.79 bits per heavy atom. The minimum atomic E-state index is 0.170. The summed E-state index contributed by atoms with van der Waals surface area (Å²) >= 11 is 0. The second-order valence-corrected chi connectivity index (χ2v) is 6.47. The molecule has 0 radical (unpaired) electrons. The molecule has 0 aliphatic carbocycles. The lowest BCUT2D eigenvalue weighted by Gasteiger charge is -2.28. The fourth-order valence-corrected chi connectivity index (χ4v) is 3.16. The van der Waals surface area contributed by atoms with Gasteiger partial charge < -0.3 is 19.6 Å². The summed E-state index contributed by atoms with van der Waals surface area (Å²) in [6.07, 6.45) is 1.75. The topological polar surface area (TPSA) is 93.0 Å². The molecule has 8 nitrogen and oxygen atoms in total. The first-order chi connectivity index (χ1) is 13.7. The number of aromatic nitrogens is 3. The van der Waals surface area contributed by atoms with E-state index >= 15 is 0 Å². The molecule has 28 heavy (non-hydrogen) atoms. The molecule has 0 amide bonds. The zero-order valence-electron chi connectivity index (χ0n) is 15.8. The van der Waals surface area contributed by atoms with Crippen molar-refractivity contribution in [2.24, 2.45) is 5.16 Å². The van der Waals surface area contributed by atoms with Crippen LogP contribution in [-0.2, 0) is 9.57 Å². The maximum Gasteiger partial charge on any atom is 0.162 e. The third-order valence-electron chi connectivity index (χ3n) is 4.58. The van der Waals surface area contributed by atoms with Crippen LogP contribution < -0.4 is 4.90 Å². The van der Waals surface area contributed by atoms with E-state index in [1.807, 2.05) is 19.1 Å². The number of fused-ring (bicyclic) bond motifs is 1. The van der Waals surface area contributed by atoms with Crippen LogP contribution >= 0.6 is 0 Å². The van der Waals surface area contributed by atoms with Crippen LogP contribution in [0.3, 0.4) is 0 Å². The van der Waals surface area contributed by atoms with E-state index < -0.39 is 0 Å². The van der Waals surface area contributed by atoms with Crippen LogP contribution in [0.25, 0.3) is 22.4 Å². The first kappa shape index (κ1) is 18.1. The second-order valence-electron chi connectivity index (χ2n) is 6.47. The van der Waals surface area contributed by atoms with Crippen LogP contribution in [0.5, 0.6) is 5.75 Å². The molecule has 1 aliphatic heterocycles. The van der Waals surface area contributed by atoms with Gasteiger partial charge in [-0.3, -0.25) is 0 Å². The highest BCUT2D eigenvalue weighted by molar-refractivity contribution is 6.01. The summed E-state index contributed by atoms with van der Waals surface area (Å²) in [7, 11) is 1.51. The van der Waals surface area contributed by atoms with E-state index in [-0.39, 0.29) is 5.75 Å². The van der Waals surface area contributed by atoms with Crippen molar-refractivity contribution >= 4 is 22.6 Å². The number of hydrogen-bond donors (Lipinski definition) is 1. The molecule has 0 spiro atoms. The highest BCUT2D eigenvalue weighted by atomic mass is 16.6. The Morgan fingerprint density at radius 1 is 1.21 bits per heavy atom. The second kappa shape index (κ2) is 7.77. The van der Waals surface area contributed by atoms with E-state index in [1.165, 1.54) is 7.11 Å². The monoisotopic (exact) mass is 379 g/mol. The van der Waals surface area contributed by atoms with Gasteiger partial charge in [0, 0.05) is 30.4 Å². The number of pyridine rings is 1. The van der Waals surface area contributed by atoms with Crippen molar-refractivity contribution in [2.45, 2.75) is 6.92 Å². The number of morpholine rings is 1. The smallest absolute Gasteiger partial charge is 0.162 e. The van der Waals surface area contributed by atoms with Crippen LogP contribution in [-0.4, -0.2) is 59.2 Å². The minimum absolute atomic E-state index is 0.170. The normalized spacial score (nSPS) is 15.1. The Bertz CT molecular complexity index is 1030. The maximum atomic E-state index is 9.86. The largest absolute Gasteiger partial charge is 0.508 e. The highest BCUT2D eigenvalue weighted by Gasteiger charge is 2.19. The summed E-state index contributed by atoms with van der Waals surface area (Å²) in [4.78, 5) is 21.1. The Hall–Kier alpha value is -3.26. The number of ether oxygens (including phenoxy) is 1. The van der Waals surface area contributed by atoms with Crippen LogP contribution in [0.1, 0.15) is 12.5 Å². The molecule has 0 unspecified atom stereocenters. The summed E-state index contributed by atoms with van der Waals surface area (Å²) in [5.74, 6) is 1.47. The lowest BCUT2D eigenvalue weighted by Crippen LogP contribution is -2.37. The average molecular weight is 379 g/mol. The van der Waals surface area contributed by atoms with Crippen LogP contribution in [0.2, 0.25) is 0 Å². The van der Waals surface area contributed by atoms with Gasteiger partial charge in [-0.15, -0.1) is 0 Å². The molecule has 3 aromatic rings. The molecule has 4 rings (SSSR count). The van der Waals surface area contributed by atoms with Gasteiger partial charge in [0.15, 0.2) is 11.6 Å². The molecular formula is C20H21N5O3. The van der Waals surface area contributed by atoms with Crippen molar-refractivity contribution < 1.29 is 14.7 Å². The number of nitrogens with zero attached hydrogens (tertiary/aromatic N) is 5. The third kappa shape index (κ3) is 3.59. The van der Waals surface area contributed by atoms with Crippen molar-refractivity contribution in [2.75, 3.05) is 38.3 Å². The lowest BCUT2D eigenvalue weighted by atomic mass is 10.1. The first-order valence-corrected chi connectivity index (χ1v) is 9.04. The number of anilines is 1. The van der Waals surface area contributed by atoms with Crippen molar-refractivity contribution in [3.05, 3.63) is 42.1 Å². The predicted octanol–water partition coefficient (Wildman–Crippen LogP) is 2.60. The Morgan fingerprint density at radius 2 is 2.04 bits per heavy atom. The van der Waals surface area contributed by atoms with Gasteiger partial charge in [0.2, 0.25) is 0 Å². The molecule has 1 saturated heterocycles. The number of hydrogen-bond acceptors (Lipinski definition) is 8.